The number of nitrogens with two attached hydrogens (primary N) is 1. The van der Waals surface area contributed by atoms with E-state index >= 15 is 0 Å². The zero-order chi connectivity index (χ0) is 17.2. The van der Waals surface area contributed by atoms with Gasteiger partial charge in [-0.2, -0.15) is 0 Å². The molecule has 0 aliphatic rings. The third kappa shape index (κ3) is 4.07. The predicted molar refractivity (Wildman–Crippen MR) is 85.1 cm³/mol. The average molecular weight is 319 g/mol. The van der Waals surface area contributed by atoms with Crippen molar-refractivity contribution in [3.63, 3.8) is 0 Å². The van der Waals surface area contributed by atoms with Gasteiger partial charge in [-0.3, -0.25) is 4.79 Å². The van der Waals surface area contributed by atoms with E-state index in [-0.39, 0.29) is 0 Å². The van der Waals surface area contributed by atoms with Crippen LogP contribution in [0.3, 0.4) is 0 Å². The Balaban J connectivity index is 2.30. The molecule has 0 amide bonds. The van der Waals surface area contributed by atoms with Crippen LogP contribution in [0.15, 0.2) is 24.5 Å². The molecule has 0 aliphatic heterocycles. The van der Waals surface area contributed by atoms with Crippen molar-refractivity contribution in [3.05, 3.63) is 30.1 Å². The molecule has 0 bridgehead atoms. The summed E-state index contributed by atoms with van der Waals surface area (Å²) >= 11 is 0. The van der Waals surface area contributed by atoms with Gasteiger partial charge in [-0.05, 0) is 44.9 Å². The quantitative estimate of drug-likeness (QED) is 0.867. The Morgan fingerprint density at radius 1 is 1.35 bits per heavy atom. The summed E-state index contributed by atoms with van der Waals surface area (Å²) in [6, 6.07) is 4.61. The van der Waals surface area contributed by atoms with Crippen molar-refractivity contribution < 1.29 is 19.1 Å². The molecule has 0 radical (unpaired) electrons. The highest BCUT2D eigenvalue weighted by atomic mass is 16.6. The zero-order valence-electron chi connectivity index (χ0n) is 13.7. The van der Waals surface area contributed by atoms with Crippen molar-refractivity contribution in [2.45, 2.75) is 38.8 Å². The number of nitrogens with zero attached hydrogens (tertiary/aromatic N) is 2. The molecular formula is C16H21N3O4. The molecule has 2 rings (SSSR count). The van der Waals surface area contributed by atoms with Gasteiger partial charge in [0, 0.05) is 0 Å². The number of imidazole rings is 1. The standard InChI is InChI=1S/C16H21N3O4/c1-16(2,3)23-15(21)19-9-18-12-6-5-10(8-13(12)19)7-11(17)14(20)22-4/h5-6,8-9,11H,7,17H2,1-4H3. The number of hydrogen-bond donors (Lipinski definition) is 1. The fourth-order valence-corrected chi connectivity index (χ4v) is 2.13. The molecule has 2 aromatic rings. The van der Waals surface area contributed by atoms with Gasteiger partial charge in [0.1, 0.15) is 18.0 Å². The molecule has 23 heavy (non-hydrogen) atoms. The highest BCUT2D eigenvalue weighted by Gasteiger charge is 2.20. The maximum Gasteiger partial charge on any atom is 0.420 e. The molecule has 124 valence electrons. The number of benzene rings is 1. The summed E-state index contributed by atoms with van der Waals surface area (Å²) in [5, 5.41) is 0. The van der Waals surface area contributed by atoms with Gasteiger partial charge in [-0.1, -0.05) is 6.07 Å². The lowest BCUT2D eigenvalue weighted by atomic mass is 10.1. The number of esters is 1. The van der Waals surface area contributed by atoms with E-state index in [4.69, 9.17) is 10.5 Å². The molecule has 0 saturated heterocycles. The Kier molecular flexibility index (Phi) is 4.70. The second kappa shape index (κ2) is 6.37. The van der Waals surface area contributed by atoms with Gasteiger partial charge in [0.25, 0.3) is 0 Å². The van der Waals surface area contributed by atoms with E-state index in [0.29, 0.717) is 17.5 Å². The molecule has 0 saturated carbocycles. The normalized spacial score (nSPS) is 12.9. The highest BCUT2D eigenvalue weighted by Crippen LogP contribution is 2.18. The van der Waals surface area contributed by atoms with Crippen LogP contribution in [-0.2, 0) is 20.7 Å². The van der Waals surface area contributed by atoms with Gasteiger partial charge in [0.2, 0.25) is 0 Å². The van der Waals surface area contributed by atoms with Gasteiger partial charge < -0.3 is 15.2 Å². The summed E-state index contributed by atoms with van der Waals surface area (Å²) in [6.07, 6.45) is 1.22. The van der Waals surface area contributed by atoms with Crippen LogP contribution in [0.5, 0.6) is 0 Å². The largest absolute Gasteiger partial charge is 0.468 e. The Bertz CT molecular complexity index is 730. The molecule has 1 heterocycles. The van der Waals surface area contributed by atoms with Crippen LogP contribution in [0, 0.1) is 0 Å². The van der Waals surface area contributed by atoms with E-state index in [1.54, 1.807) is 32.9 Å². The second-order valence-electron chi connectivity index (χ2n) is 6.25. The lowest BCUT2D eigenvalue weighted by Crippen LogP contribution is -2.33. The van der Waals surface area contributed by atoms with E-state index in [0.717, 1.165) is 5.56 Å². The van der Waals surface area contributed by atoms with Crippen molar-refractivity contribution >= 4 is 23.1 Å². The first-order chi connectivity index (χ1) is 10.7. The second-order valence-corrected chi connectivity index (χ2v) is 6.25. The minimum atomic E-state index is -0.754. The Morgan fingerprint density at radius 3 is 2.65 bits per heavy atom. The number of ether oxygens (including phenoxy) is 2. The summed E-state index contributed by atoms with van der Waals surface area (Å²) in [5.74, 6) is -0.481. The lowest BCUT2D eigenvalue weighted by molar-refractivity contribution is -0.142. The maximum absolute atomic E-state index is 12.2. The van der Waals surface area contributed by atoms with Crippen LogP contribution in [0.25, 0.3) is 11.0 Å². The van der Waals surface area contributed by atoms with Crippen LogP contribution < -0.4 is 5.73 Å². The van der Waals surface area contributed by atoms with Crippen LogP contribution in [-0.4, -0.2) is 40.4 Å². The third-order valence-electron chi connectivity index (χ3n) is 3.16. The topological polar surface area (TPSA) is 96.4 Å². The van der Waals surface area contributed by atoms with E-state index in [2.05, 4.69) is 9.72 Å². The molecule has 1 unspecified atom stereocenters. The molecule has 1 atom stereocenters. The number of fused-ring (bicyclic) bond motifs is 1. The minimum Gasteiger partial charge on any atom is -0.468 e. The fraction of sp³-hybridized carbons (Fsp3) is 0.438. The molecule has 0 spiro atoms. The Labute approximate surface area is 134 Å². The molecule has 0 fully saturated rings. The predicted octanol–water partition coefficient (Wildman–Crippen LogP) is 1.86. The molecule has 1 aromatic heterocycles. The number of methoxy groups -OCH3 is 1. The van der Waals surface area contributed by atoms with Crippen LogP contribution in [0.4, 0.5) is 4.79 Å². The molecule has 0 aliphatic carbocycles. The Hall–Kier alpha value is -2.41. The van der Waals surface area contributed by atoms with Crippen LogP contribution in [0.1, 0.15) is 26.3 Å². The lowest BCUT2D eigenvalue weighted by Gasteiger charge is -2.19. The summed E-state index contributed by atoms with van der Waals surface area (Å²) in [7, 11) is 1.29. The summed E-state index contributed by atoms with van der Waals surface area (Å²) in [6.45, 7) is 5.39. The van der Waals surface area contributed by atoms with Gasteiger partial charge >= 0.3 is 12.1 Å². The number of hydrogen-bond acceptors (Lipinski definition) is 6. The number of aromatic nitrogens is 2. The molecule has 2 N–H and O–H groups in total. The van der Waals surface area contributed by atoms with Crippen molar-refractivity contribution in [2.75, 3.05) is 7.11 Å². The van der Waals surface area contributed by atoms with E-state index in [1.807, 2.05) is 6.07 Å². The first-order valence-corrected chi connectivity index (χ1v) is 7.24. The van der Waals surface area contributed by atoms with Gasteiger partial charge in [0.05, 0.1) is 18.1 Å². The van der Waals surface area contributed by atoms with E-state index in [9.17, 15) is 9.59 Å². The maximum atomic E-state index is 12.2. The van der Waals surface area contributed by atoms with Gasteiger partial charge in [-0.25, -0.2) is 14.3 Å². The molecule has 7 heteroatoms. The fourth-order valence-electron chi connectivity index (χ4n) is 2.13. The van der Waals surface area contributed by atoms with E-state index in [1.165, 1.54) is 18.0 Å². The monoisotopic (exact) mass is 319 g/mol. The average Bonchev–Trinajstić information content (AvgIpc) is 2.87. The SMILES string of the molecule is COC(=O)C(N)Cc1ccc2ncn(C(=O)OC(C)(C)C)c2c1. The summed E-state index contributed by atoms with van der Waals surface area (Å²) in [4.78, 5) is 27.8. The van der Waals surface area contributed by atoms with Crippen LogP contribution >= 0.6 is 0 Å². The summed E-state index contributed by atoms with van der Waals surface area (Å²) < 4.78 is 11.3. The summed E-state index contributed by atoms with van der Waals surface area (Å²) in [5.41, 5.74) is 7.24. The number of carbonyl (C=O) groups excluding carboxylic acids is 2. The third-order valence-corrected chi connectivity index (χ3v) is 3.16. The zero-order valence-corrected chi connectivity index (χ0v) is 13.7. The van der Waals surface area contributed by atoms with Crippen molar-refractivity contribution in [3.8, 4) is 0 Å². The smallest absolute Gasteiger partial charge is 0.420 e. The molecule has 7 nitrogen and oxygen atoms in total. The van der Waals surface area contributed by atoms with Crippen LogP contribution in [0.2, 0.25) is 0 Å². The van der Waals surface area contributed by atoms with E-state index < -0.39 is 23.7 Å². The first-order valence-electron chi connectivity index (χ1n) is 7.24. The van der Waals surface area contributed by atoms with Gasteiger partial charge in [0.15, 0.2) is 0 Å². The molecular weight excluding hydrogens is 298 g/mol. The van der Waals surface area contributed by atoms with Crippen molar-refractivity contribution in [1.29, 1.82) is 0 Å². The van der Waals surface area contributed by atoms with Crippen molar-refractivity contribution in [1.82, 2.24) is 9.55 Å². The molecule has 1 aromatic carbocycles. The highest BCUT2D eigenvalue weighted by molar-refractivity contribution is 5.87. The first kappa shape index (κ1) is 17.0. The number of rotatable bonds is 3. The minimum absolute atomic E-state index is 0.308. The van der Waals surface area contributed by atoms with Crippen molar-refractivity contribution in [2.24, 2.45) is 5.73 Å². The number of carbonyl (C=O) groups is 2. The van der Waals surface area contributed by atoms with Gasteiger partial charge in [-0.15, -0.1) is 0 Å². The Morgan fingerprint density at radius 2 is 2.04 bits per heavy atom.